The Bertz CT molecular complexity index is 478. The van der Waals surface area contributed by atoms with E-state index in [0.29, 0.717) is 0 Å². The van der Waals surface area contributed by atoms with Gasteiger partial charge in [-0.3, -0.25) is 0 Å². The maximum absolute atomic E-state index is 5.04. The first-order valence-electron chi connectivity index (χ1n) is 5.87. The van der Waals surface area contributed by atoms with Crippen LogP contribution in [0.25, 0.3) is 0 Å². The first-order chi connectivity index (χ1) is 8.67. The third kappa shape index (κ3) is 4.50. The van der Waals surface area contributed by atoms with Crippen molar-refractivity contribution < 1.29 is 9.47 Å². The summed E-state index contributed by atoms with van der Waals surface area (Å²) in [6.45, 7) is 4.07. The van der Waals surface area contributed by atoms with Crippen LogP contribution < -0.4 is 9.47 Å². The second-order valence-electron chi connectivity index (χ2n) is 3.99. The van der Waals surface area contributed by atoms with Crippen molar-refractivity contribution >= 4 is 0 Å². The smallest absolute Gasteiger partial charge is 0.121 e. The quantitative estimate of drug-likeness (QED) is 0.794. The van der Waals surface area contributed by atoms with Crippen LogP contribution >= 0.6 is 0 Å². The molecule has 0 radical (unpaired) electrons. The van der Waals surface area contributed by atoms with Crippen molar-refractivity contribution in [3.05, 3.63) is 59.7 Å². The number of rotatable bonds is 2. The van der Waals surface area contributed by atoms with Crippen molar-refractivity contribution in [3.63, 3.8) is 0 Å². The maximum Gasteiger partial charge on any atom is 0.121 e. The van der Waals surface area contributed by atoms with Gasteiger partial charge in [0.2, 0.25) is 0 Å². The molecule has 0 aliphatic heterocycles. The Kier molecular flexibility index (Phi) is 5.78. The molecule has 2 rings (SSSR count). The average Bonchev–Trinajstić information content (AvgIpc) is 2.40. The lowest BCUT2D eigenvalue weighted by molar-refractivity contribution is 0.411. The molecule has 0 saturated carbocycles. The molecule has 0 amide bonds. The topological polar surface area (TPSA) is 18.5 Å². The van der Waals surface area contributed by atoms with Crippen LogP contribution in [-0.4, -0.2) is 14.2 Å². The highest BCUT2D eigenvalue weighted by molar-refractivity contribution is 5.31. The van der Waals surface area contributed by atoms with Crippen molar-refractivity contribution in [2.45, 2.75) is 13.8 Å². The number of hydrogen-bond donors (Lipinski definition) is 0. The van der Waals surface area contributed by atoms with Crippen molar-refractivity contribution in [3.8, 4) is 11.5 Å². The zero-order valence-electron chi connectivity index (χ0n) is 11.4. The Balaban J connectivity index is 0.000000180. The molecular weight excluding hydrogens is 224 g/mol. The van der Waals surface area contributed by atoms with Gasteiger partial charge >= 0.3 is 0 Å². The third-order valence-electron chi connectivity index (χ3n) is 2.54. The first-order valence-corrected chi connectivity index (χ1v) is 5.87. The van der Waals surface area contributed by atoms with E-state index in [-0.39, 0.29) is 0 Å². The summed E-state index contributed by atoms with van der Waals surface area (Å²) >= 11 is 0. The number of ether oxygens (including phenoxy) is 2. The summed E-state index contributed by atoms with van der Waals surface area (Å²) in [5.41, 5.74) is 2.41. The molecule has 0 fully saturated rings. The summed E-state index contributed by atoms with van der Waals surface area (Å²) in [5, 5.41) is 0. The van der Waals surface area contributed by atoms with E-state index in [9.17, 15) is 0 Å². The number of methoxy groups -OCH3 is 2. The fourth-order valence-corrected chi connectivity index (χ4v) is 1.53. The molecule has 2 aromatic carbocycles. The largest absolute Gasteiger partial charge is 0.497 e. The number of aryl methyl sites for hydroxylation is 2. The summed E-state index contributed by atoms with van der Waals surface area (Å²) in [5.74, 6) is 1.88. The fourth-order valence-electron chi connectivity index (χ4n) is 1.53. The maximum atomic E-state index is 5.04. The molecule has 0 spiro atoms. The predicted molar refractivity (Wildman–Crippen MR) is 75.5 cm³/mol. The zero-order chi connectivity index (χ0) is 13.4. The van der Waals surface area contributed by atoms with Gasteiger partial charge in [-0.25, -0.2) is 0 Å². The Morgan fingerprint density at radius 2 is 1.50 bits per heavy atom. The van der Waals surface area contributed by atoms with Crippen LogP contribution in [0.3, 0.4) is 0 Å². The van der Waals surface area contributed by atoms with Gasteiger partial charge in [0.05, 0.1) is 14.2 Å². The molecule has 0 aliphatic rings. The minimum Gasteiger partial charge on any atom is -0.497 e. The predicted octanol–water partition coefficient (Wildman–Crippen LogP) is 4.01. The van der Waals surface area contributed by atoms with E-state index in [4.69, 9.17) is 9.47 Å². The summed E-state index contributed by atoms with van der Waals surface area (Å²) in [7, 11) is 3.36. The van der Waals surface area contributed by atoms with E-state index >= 15 is 0 Å². The lowest BCUT2D eigenvalue weighted by atomic mass is 10.2. The molecule has 0 bridgehead atoms. The highest BCUT2D eigenvalue weighted by Crippen LogP contribution is 2.14. The van der Waals surface area contributed by atoms with Gasteiger partial charge in [0.1, 0.15) is 11.5 Å². The van der Waals surface area contributed by atoms with Gasteiger partial charge in [-0.15, -0.1) is 0 Å². The highest BCUT2D eigenvalue weighted by atomic mass is 16.5. The lowest BCUT2D eigenvalue weighted by Gasteiger charge is -2.00. The molecule has 0 atom stereocenters. The summed E-state index contributed by atoms with van der Waals surface area (Å²) in [6.07, 6.45) is 0. The van der Waals surface area contributed by atoms with Crippen LogP contribution in [0.1, 0.15) is 11.1 Å². The second-order valence-corrected chi connectivity index (χ2v) is 3.99. The van der Waals surface area contributed by atoms with E-state index in [1.165, 1.54) is 11.1 Å². The Morgan fingerprint density at radius 3 is 1.94 bits per heavy atom. The fraction of sp³-hybridized carbons (Fsp3) is 0.250. The van der Waals surface area contributed by atoms with Gasteiger partial charge in [0.25, 0.3) is 0 Å². The van der Waals surface area contributed by atoms with Crippen molar-refractivity contribution in [1.82, 2.24) is 0 Å². The Labute approximate surface area is 109 Å². The van der Waals surface area contributed by atoms with Crippen LogP contribution in [0.5, 0.6) is 11.5 Å². The van der Waals surface area contributed by atoms with Crippen LogP contribution in [0.15, 0.2) is 48.5 Å². The van der Waals surface area contributed by atoms with Crippen LogP contribution in [0, 0.1) is 13.8 Å². The van der Waals surface area contributed by atoms with Gasteiger partial charge in [-0.05, 0) is 43.2 Å². The molecule has 0 unspecified atom stereocenters. The number of para-hydroxylation sites is 1. The molecule has 0 N–H and O–H groups in total. The van der Waals surface area contributed by atoms with E-state index < -0.39 is 0 Å². The Morgan fingerprint density at radius 1 is 0.778 bits per heavy atom. The van der Waals surface area contributed by atoms with Gasteiger partial charge in [-0.2, -0.15) is 0 Å². The molecular formula is C16H20O2. The van der Waals surface area contributed by atoms with Gasteiger partial charge in [0, 0.05) is 0 Å². The number of hydrogen-bond acceptors (Lipinski definition) is 2. The van der Waals surface area contributed by atoms with Gasteiger partial charge in [-0.1, -0.05) is 30.3 Å². The number of benzene rings is 2. The van der Waals surface area contributed by atoms with Gasteiger partial charge in [0.15, 0.2) is 0 Å². The third-order valence-corrected chi connectivity index (χ3v) is 2.54. The van der Waals surface area contributed by atoms with E-state index in [1.54, 1.807) is 14.2 Å². The summed E-state index contributed by atoms with van der Waals surface area (Å²) in [6, 6.07) is 15.9. The molecule has 2 aromatic rings. The Hall–Kier alpha value is -1.96. The lowest BCUT2D eigenvalue weighted by Crippen LogP contribution is -1.84. The van der Waals surface area contributed by atoms with Crippen LogP contribution in [0.4, 0.5) is 0 Å². The molecule has 0 saturated heterocycles. The van der Waals surface area contributed by atoms with Crippen LogP contribution in [0.2, 0.25) is 0 Å². The highest BCUT2D eigenvalue weighted by Gasteiger charge is 1.90. The first kappa shape index (κ1) is 14.1. The van der Waals surface area contributed by atoms with Crippen molar-refractivity contribution in [2.75, 3.05) is 14.2 Å². The molecule has 2 nitrogen and oxygen atoms in total. The van der Waals surface area contributed by atoms with E-state index in [2.05, 4.69) is 0 Å². The van der Waals surface area contributed by atoms with Gasteiger partial charge < -0.3 is 9.47 Å². The summed E-state index contributed by atoms with van der Waals surface area (Å²) < 4.78 is 10.0. The monoisotopic (exact) mass is 244 g/mol. The van der Waals surface area contributed by atoms with Crippen molar-refractivity contribution in [2.24, 2.45) is 0 Å². The molecule has 0 heterocycles. The average molecular weight is 244 g/mol. The van der Waals surface area contributed by atoms with E-state index in [0.717, 1.165) is 11.5 Å². The minimum atomic E-state index is 0.926. The second kappa shape index (κ2) is 7.38. The molecule has 0 aromatic heterocycles. The molecule has 0 aliphatic carbocycles. The molecule has 96 valence electrons. The van der Waals surface area contributed by atoms with Crippen molar-refractivity contribution in [1.29, 1.82) is 0 Å². The standard InChI is InChI=1S/2C8H10O/c1-7-4-3-5-8(6-7)9-2;1-7-5-3-4-6-8(7)9-2/h2*3-6H,1-2H3. The SMILES string of the molecule is COc1cccc(C)c1.COc1ccccc1C. The summed E-state index contributed by atoms with van der Waals surface area (Å²) in [4.78, 5) is 0. The zero-order valence-corrected chi connectivity index (χ0v) is 11.4. The molecule has 18 heavy (non-hydrogen) atoms. The van der Waals surface area contributed by atoms with E-state index in [1.807, 2.05) is 62.4 Å². The minimum absolute atomic E-state index is 0.926. The normalized spacial score (nSPS) is 9.11. The molecule has 2 heteroatoms. The van der Waals surface area contributed by atoms with Crippen LogP contribution in [-0.2, 0) is 0 Å².